The van der Waals surface area contributed by atoms with Gasteiger partial charge in [0.25, 0.3) is 5.88 Å². The summed E-state index contributed by atoms with van der Waals surface area (Å²) in [5.74, 6) is 1.72. The van der Waals surface area contributed by atoms with Crippen LogP contribution in [0.1, 0.15) is 25.3 Å². The Balaban J connectivity index is 2.16. The van der Waals surface area contributed by atoms with Gasteiger partial charge in [-0.1, -0.05) is 26.0 Å². The lowest BCUT2D eigenvalue weighted by Crippen LogP contribution is -1.92. The van der Waals surface area contributed by atoms with Crippen molar-refractivity contribution in [2.24, 2.45) is 7.05 Å². The fourth-order valence-electron chi connectivity index (χ4n) is 1.60. The zero-order valence-corrected chi connectivity index (χ0v) is 10.3. The molecule has 2 rings (SSSR count). The van der Waals surface area contributed by atoms with Crippen LogP contribution in [0.2, 0.25) is 0 Å². The Kier molecular flexibility index (Phi) is 3.04. The molecule has 0 atom stereocenters. The van der Waals surface area contributed by atoms with E-state index in [0.29, 0.717) is 17.5 Å². The van der Waals surface area contributed by atoms with Crippen molar-refractivity contribution in [1.29, 1.82) is 0 Å². The highest BCUT2D eigenvalue weighted by Gasteiger charge is 2.07. The molecule has 0 spiro atoms. The molecule has 0 aliphatic heterocycles. The van der Waals surface area contributed by atoms with Crippen LogP contribution in [0, 0.1) is 0 Å². The van der Waals surface area contributed by atoms with Crippen LogP contribution in [0.3, 0.4) is 0 Å². The fraction of sp³-hybridized carbons (Fsp3) is 0.308. The van der Waals surface area contributed by atoms with E-state index in [0.717, 1.165) is 5.75 Å². The number of aryl methyl sites for hydroxylation is 1. The lowest BCUT2D eigenvalue weighted by Gasteiger charge is -2.07. The third-order valence-corrected chi connectivity index (χ3v) is 2.58. The Morgan fingerprint density at radius 2 is 1.88 bits per heavy atom. The summed E-state index contributed by atoms with van der Waals surface area (Å²) in [6, 6.07) is 7.98. The van der Waals surface area contributed by atoms with Gasteiger partial charge in [0.15, 0.2) is 0 Å². The van der Waals surface area contributed by atoms with Crippen molar-refractivity contribution >= 4 is 5.69 Å². The first-order chi connectivity index (χ1) is 8.06. The zero-order valence-electron chi connectivity index (χ0n) is 10.3. The summed E-state index contributed by atoms with van der Waals surface area (Å²) in [7, 11) is 1.81. The van der Waals surface area contributed by atoms with Crippen LogP contribution in [0.15, 0.2) is 30.5 Å². The number of hydrogen-bond acceptors (Lipinski definition) is 3. The normalized spacial score (nSPS) is 10.8. The van der Waals surface area contributed by atoms with Gasteiger partial charge in [0.2, 0.25) is 0 Å². The second-order valence-corrected chi connectivity index (χ2v) is 4.39. The molecule has 4 nitrogen and oxygen atoms in total. The summed E-state index contributed by atoms with van der Waals surface area (Å²) in [5, 5.41) is 4.13. The number of aromatic nitrogens is 2. The number of rotatable bonds is 3. The van der Waals surface area contributed by atoms with Crippen LogP contribution >= 0.6 is 0 Å². The summed E-state index contributed by atoms with van der Waals surface area (Å²) in [6.45, 7) is 4.32. The maximum Gasteiger partial charge on any atom is 0.261 e. The predicted molar refractivity (Wildman–Crippen MR) is 68.2 cm³/mol. The molecule has 0 saturated heterocycles. The molecule has 0 radical (unpaired) electrons. The standard InChI is InChI=1S/C13H17N3O/c1-9(2)10-4-6-11(7-5-10)17-13-12(14)8-16(3)15-13/h4-9H,14H2,1-3H3. The Bertz CT molecular complexity index is 500. The quantitative estimate of drug-likeness (QED) is 0.883. The largest absolute Gasteiger partial charge is 0.436 e. The maximum atomic E-state index is 5.76. The molecule has 0 bridgehead atoms. The topological polar surface area (TPSA) is 53.1 Å². The van der Waals surface area contributed by atoms with Gasteiger partial charge < -0.3 is 10.5 Å². The molecular formula is C13H17N3O. The third kappa shape index (κ3) is 2.58. The minimum Gasteiger partial charge on any atom is -0.436 e. The second kappa shape index (κ2) is 4.49. The number of nitrogens with two attached hydrogens (primary N) is 1. The van der Waals surface area contributed by atoms with Gasteiger partial charge in [0.05, 0.1) is 6.20 Å². The molecule has 1 aromatic carbocycles. The van der Waals surface area contributed by atoms with Gasteiger partial charge in [-0.2, -0.15) is 0 Å². The minimum atomic E-state index is 0.449. The monoisotopic (exact) mass is 231 g/mol. The Labute approximate surface area is 101 Å². The van der Waals surface area contributed by atoms with Crippen molar-refractivity contribution in [3.8, 4) is 11.6 Å². The predicted octanol–water partition coefficient (Wildman–Crippen LogP) is 2.92. The third-order valence-electron chi connectivity index (χ3n) is 2.58. The van der Waals surface area contributed by atoms with E-state index in [4.69, 9.17) is 10.5 Å². The molecule has 1 heterocycles. The van der Waals surface area contributed by atoms with E-state index in [2.05, 4.69) is 31.1 Å². The lowest BCUT2D eigenvalue weighted by atomic mass is 10.0. The molecule has 2 aromatic rings. The van der Waals surface area contributed by atoms with E-state index < -0.39 is 0 Å². The molecule has 0 amide bonds. The number of nitrogen functional groups attached to an aromatic ring is 1. The van der Waals surface area contributed by atoms with Gasteiger partial charge in [-0.05, 0) is 23.6 Å². The van der Waals surface area contributed by atoms with Crippen LogP contribution < -0.4 is 10.5 Å². The zero-order chi connectivity index (χ0) is 12.4. The highest BCUT2D eigenvalue weighted by atomic mass is 16.5. The lowest BCUT2D eigenvalue weighted by molar-refractivity contribution is 0.455. The van der Waals surface area contributed by atoms with Crippen molar-refractivity contribution in [3.63, 3.8) is 0 Å². The molecule has 0 unspecified atom stereocenters. The molecule has 1 aromatic heterocycles. The molecule has 2 N–H and O–H groups in total. The van der Waals surface area contributed by atoms with Gasteiger partial charge in [-0.3, -0.25) is 4.68 Å². The van der Waals surface area contributed by atoms with E-state index in [1.54, 1.807) is 10.9 Å². The molecule has 0 aliphatic rings. The minimum absolute atomic E-state index is 0.449. The van der Waals surface area contributed by atoms with Crippen LogP contribution in [0.5, 0.6) is 11.6 Å². The summed E-state index contributed by atoms with van der Waals surface area (Å²) < 4.78 is 7.24. The van der Waals surface area contributed by atoms with E-state index in [1.807, 2.05) is 19.2 Å². The van der Waals surface area contributed by atoms with Gasteiger partial charge >= 0.3 is 0 Å². The van der Waals surface area contributed by atoms with Crippen molar-refractivity contribution in [2.75, 3.05) is 5.73 Å². The average Bonchev–Trinajstić information content (AvgIpc) is 2.58. The molecule has 0 fully saturated rings. The average molecular weight is 231 g/mol. The second-order valence-electron chi connectivity index (χ2n) is 4.39. The number of nitrogens with zero attached hydrogens (tertiary/aromatic N) is 2. The van der Waals surface area contributed by atoms with Crippen LogP contribution in [0.25, 0.3) is 0 Å². The van der Waals surface area contributed by atoms with Gasteiger partial charge in [0, 0.05) is 7.05 Å². The molecular weight excluding hydrogens is 214 g/mol. The number of ether oxygens (including phenoxy) is 1. The molecule has 4 heteroatoms. The molecule has 0 saturated carbocycles. The highest BCUT2D eigenvalue weighted by Crippen LogP contribution is 2.26. The first-order valence-corrected chi connectivity index (χ1v) is 5.63. The van der Waals surface area contributed by atoms with E-state index in [1.165, 1.54) is 5.56 Å². The van der Waals surface area contributed by atoms with Crippen molar-refractivity contribution in [3.05, 3.63) is 36.0 Å². The van der Waals surface area contributed by atoms with E-state index in [-0.39, 0.29) is 0 Å². The first-order valence-electron chi connectivity index (χ1n) is 5.63. The van der Waals surface area contributed by atoms with Crippen molar-refractivity contribution in [1.82, 2.24) is 9.78 Å². The van der Waals surface area contributed by atoms with Crippen molar-refractivity contribution < 1.29 is 4.74 Å². The maximum absolute atomic E-state index is 5.76. The SMILES string of the molecule is CC(C)c1ccc(Oc2nn(C)cc2N)cc1. The first kappa shape index (κ1) is 11.5. The van der Waals surface area contributed by atoms with Gasteiger partial charge in [0.1, 0.15) is 11.4 Å². The number of anilines is 1. The van der Waals surface area contributed by atoms with Crippen molar-refractivity contribution in [2.45, 2.75) is 19.8 Å². The van der Waals surface area contributed by atoms with E-state index >= 15 is 0 Å². The smallest absolute Gasteiger partial charge is 0.261 e. The Morgan fingerprint density at radius 1 is 1.24 bits per heavy atom. The highest BCUT2D eigenvalue weighted by molar-refractivity contribution is 5.48. The molecule has 0 aliphatic carbocycles. The van der Waals surface area contributed by atoms with Gasteiger partial charge in [-0.25, -0.2) is 0 Å². The summed E-state index contributed by atoms with van der Waals surface area (Å²) >= 11 is 0. The summed E-state index contributed by atoms with van der Waals surface area (Å²) in [4.78, 5) is 0. The molecule has 17 heavy (non-hydrogen) atoms. The Hall–Kier alpha value is -1.97. The number of hydrogen-bond donors (Lipinski definition) is 1. The fourth-order valence-corrected chi connectivity index (χ4v) is 1.60. The molecule has 90 valence electrons. The van der Waals surface area contributed by atoms with Crippen LogP contribution in [0.4, 0.5) is 5.69 Å². The number of benzene rings is 1. The van der Waals surface area contributed by atoms with Crippen LogP contribution in [-0.2, 0) is 7.05 Å². The summed E-state index contributed by atoms with van der Waals surface area (Å²) in [6.07, 6.45) is 1.72. The van der Waals surface area contributed by atoms with Crippen LogP contribution in [-0.4, -0.2) is 9.78 Å². The Morgan fingerprint density at radius 3 is 2.35 bits per heavy atom. The summed E-state index contributed by atoms with van der Waals surface area (Å²) in [5.41, 5.74) is 7.58. The van der Waals surface area contributed by atoms with E-state index in [9.17, 15) is 0 Å². The van der Waals surface area contributed by atoms with Gasteiger partial charge in [-0.15, -0.1) is 5.10 Å².